The van der Waals surface area contributed by atoms with Crippen LogP contribution in [0.2, 0.25) is 0 Å². The molecule has 0 saturated carbocycles. The average Bonchev–Trinajstić information content (AvgIpc) is 1.83. The van der Waals surface area contributed by atoms with Crippen molar-refractivity contribution in [3.05, 3.63) is 0 Å². The summed E-state index contributed by atoms with van der Waals surface area (Å²) < 4.78 is 69.6. The summed E-state index contributed by atoms with van der Waals surface area (Å²) in [6, 6.07) is 0. The van der Waals surface area contributed by atoms with Crippen LogP contribution >= 0.6 is 0 Å². The van der Waals surface area contributed by atoms with E-state index >= 15 is 0 Å². The maximum Gasteiger partial charge on any atom is 0.400 e. The summed E-state index contributed by atoms with van der Waals surface area (Å²) in [6.45, 7) is 0. The summed E-state index contributed by atoms with van der Waals surface area (Å²) in [4.78, 5) is 9.49. The summed E-state index contributed by atoms with van der Waals surface area (Å²) in [6.07, 6.45) is -13.3. The minimum atomic E-state index is -5.39. The van der Waals surface area contributed by atoms with E-state index in [1.54, 1.807) is 0 Å². The van der Waals surface area contributed by atoms with Gasteiger partial charge in [-0.2, -0.15) is 13.2 Å². The molecular formula is C5H4F6O. The number of rotatable bonds is 3. The van der Waals surface area contributed by atoms with Gasteiger partial charge >= 0.3 is 6.18 Å². The second-order valence-electron chi connectivity index (χ2n) is 1.98. The number of alkyl halides is 6. The van der Waals surface area contributed by atoms with Crippen LogP contribution in [0.25, 0.3) is 0 Å². The second kappa shape index (κ2) is 3.77. The van der Waals surface area contributed by atoms with E-state index in [4.69, 9.17) is 0 Å². The van der Waals surface area contributed by atoms with Crippen molar-refractivity contribution in [2.75, 3.05) is 0 Å². The molecule has 0 aromatic carbocycles. The van der Waals surface area contributed by atoms with Crippen LogP contribution in [0, 0.1) is 5.92 Å². The third-order valence-electron chi connectivity index (χ3n) is 1.12. The van der Waals surface area contributed by atoms with Crippen molar-refractivity contribution in [3.8, 4) is 0 Å². The first-order chi connectivity index (χ1) is 5.30. The van der Waals surface area contributed by atoms with Gasteiger partial charge in [0, 0.05) is 0 Å². The molecule has 0 aromatic heterocycles. The normalized spacial score (nSPS) is 17.6. The molecule has 0 aliphatic rings. The minimum Gasteiger partial charge on any atom is -0.300 e. The van der Waals surface area contributed by atoms with E-state index in [2.05, 4.69) is 0 Å². The zero-order chi connectivity index (χ0) is 9.94. The predicted octanol–water partition coefficient (Wildman–Crippen LogP) is 1.97. The van der Waals surface area contributed by atoms with Gasteiger partial charge in [0.1, 0.15) is 0 Å². The van der Waals surface area contributed by atoms with Gasteiger partial charge in [-0.25, -0.2) is 13.2 Å². The molecule has 0 heterocycles. The molecule has 0 aliphatic heterocycles. The molecule has 0 aromatic rings. The van der Waals surface area contributed by atoms with Crippen molar-refractivity contribution in [1.29, 1.82) is 0 Å². The SMILES string of the molecule is O=CC(F)C(C(F)F)C(F)(F)F. The van der Waals surface area contributed by atoms with Crippen LogP contribution < -0.4 is 0 Å². The van der Waals surface area contributed by atoms with Crippen molar-refractivity contribution in [2.45, 2.75) is 18.8 Å². The van der Waals surface area contributed by atoms with E-state index in [9.17, 15) is 31.1 Å². The highest BCUT2D eigenvalue weighted by atomic mass is 19.4. The van der Waals surface area contributed by atoms with Crippen LogP contribution in [-0.4, -0.2) is 25.1 Å². The van der Waals surface area contributed by atoms with Crippen molar-refractivity contribution < 1.29 is 31.1 Å². The highest BCUT2D eigenvalue weighted by Crippen LogP contribution is 2.34. The Morgan fingerprint density at radius 3 is 1.58 bits per heavy atom. The summed E-state index contributed by atoms with van der Waals surface area (Å²) >= 11 is 0. The molecule has 2 unspecified atom stereocenters. The summed E-state index contributed by atoms with van der Waals surface area (Å²) in [5, 5.41) is 0. The number of hydrogen-bond acceptors (Lipinski definition) is 1. The number of carbonyl (C=O) groups is 1. The lowest BCUT2D eigenvalue weighted by Gasteiger charge is -2.19. The largest absolute Gasteiger partial charge is 0.400 e. The first-order valence-corrected chi connectivity index (χ1v) is 2.75. The van der Waals surface area contributed by atoms with Crippen LogP contribution in [0.5, 0.6) is 0 Å². The monoisotopic (exact) mass is 194 g/mol. The van der Waals surface area contributed by atoms with Gasteiger partial charge in [0.05, 0.1) is 0 Å². The smallest absolute Gasteiger partial charge is 0.300 e. The zero-order valence-electron chi connectivity index (χ0n) is 5.49. The van der Waals surface area contributed by atoms with Crippen LogP contribution in [0.15, 0.2) is 0 Å². The number of halogens is 6. The van der Waals surface area contributed by atoms with Gasteiger partial charge in [0.25, 0.3) is 6.43 Å². The number of hydrogen-bond donors (Lipinski definition) is 0. The van der Waals surface area contributed by atoms with Crippen LogP contribution in [-0.2, 0) is 4.79 Å². The summed E-state index contributed by atoms with van der Waals surface area (Å²) in [7, 11) is 0. The molecular weight excluding hydrogens is 190 g/mol. The Morgan fingerprint density at radius 1 is 1.08 bits per heavy atom. The fraction of sp³-hybridized carbons (Fsp3) is 0.800. The van der Waals surface area contributed by atoms with E-state index < -0.39 is 31.0 Å². The van der Waals surface area contributed by atoms with Gasteiger partial charge in [-0.05, 0) is 0 Å². The van der Waals surface area contributed by atoms with Crippen molar-refractivity contribution in [2.24, 2.45) is 5.92 Å². The first-order valence-electron chi connectivity index (χ1n) is 2.75. The average molecular weight is 194 g/mol. The Kier molecular flexibility index (Phi) is 3.54. The third kappa shape index (κ3) is 2.71. The minimum absolute atomic E-state index is 0.787. The molecule has 7 heteroatoms. The van der Waals surface area contributed by atoms with Crippen molar-refractivity contribution in [1.82, 2.24) is 0 Å². The van der Waals surface area contributed by atoms with E-state index in [1.807, 2.05) is 0 Å². The molecule has 0 fully saturated rings. The van der Waals surface area contributed by atoms with Crippen molar-refractivity contribution in [3.63, 3.8) is 0 Å². The molecule has 0 bridgehead atoms. The van der Waals surface area contributed by atoms with Gasteiger partial charge in [0.2, 0.25) is 0 Å². The van der Waals surface area contributed by atoms with Gasteiger partial charge in [-0.1, -0.05) is 0 Å². The zero-order valence-corrected chi connectivity index (χ0v) is 5.49. The topological polar surface area (TPSA) is 17.1 Å². The van der Waals surface area contributed by atoms with E-state index in [-0.39, 0.29) is 0 Å². The summed E-state index contributed by atoms with van der Waals surface area (Å²) in [5.74, 6) is -3.52. The number of carbonyl (C=O) groups excluding carboxylic acids is 1. The Balaban J connectivity index is 4.55. The maximum absolute atomic E-state index is 12.0. The lowest BCUT2D eigenvalue weighted by Crippen LogP contribution is -2.38. The van der Waals surface area contributed by atoms with E-state index in [1.165, 1.54) is 0 Å². The molecule has 0 spiro atoms. The standard InChI is InChI=1S/C5H4F6O/c6-2(1-12)3(4(7)8)5(9,10)11/h1-4H. The van der Waals surface area contributed by atoms with E-state index in [0.717, 1.165) is 0 Å². The lowest BCUT2D eigenvalue weighted by molar-refractivity contribution is -0.221. The Hall–Kier alpha value is -0.750. The van der Waals surface area contributed by atoms with Crippen LogP contribution in [0.4, 0.5) is 26.3 Å². The molecule has 0 saturated heterocycles. The summed E-state index contributed by atoms with van der Waals surface area (Å²) in [5.41, 5.74) is 0. The highest BCUT2D eigenvalue weighted by molar-refractivity contribution is 5.56. The van der Waals surface area contributed by atoms with Crippen LogP contribution in [0.3, 0.4) is 0 Å². The lowest BCUT2D eigenvalue weighted by atomic mass is 10.1. The number of aldehydes is 1. The van der Waals surface area contributed by atoms with Crippen molar-refractivity contribution >= 4 is 6.29 Å². The molecule has 0 rings (SSSR count). The molecule has 12 heavy (non-hydrogen) atoms. The molecule has 0 amide bonds. The van der Waals surface area contributed by atoms with Gasteiger partial charge in [-0.15, -0.1) is 0 Å². The Bertz CT molecular complexity index is 153. The fourth-order valence-electron chi connectivity index (χ4n) is 0.547. The third-order valence-corrected chi connectivity index (χ3v) is 1.12. The molecule has 0 radical (unpaired) electrons. The first kappa shape index (κ1) is 11.2. The van der Waals surface area contributed by atoms with Gasteiger partial charge in [0.15, 0.2) is 18.4 Å². The fourth-order valence-corrected chi connectivity index (χ4v) is 0.547. The molecule has 0 N–H and O–H groups in total. The Morgan fingerprint density at radius 2 is 1.50 bits per heavy atom. The van der Waals surface area contributed by atoms with E-state index in [0.29, 0.717) is 0 Å². The van der Waals surface area contributed by atoms with Crippen LogP contribution in [0.1, 0.15) is 0 Å². The Labute approximate surface area is 63.4 Å². The quantitative estimate of drug-likeness (QED) is 0.495. The highest BCUT2D eigenvalue weighted by Gasteiger charge is 2.51. The second-order valence-corrected chi connectivity index (χ2v) is 1.98. The molecule has 0 aliphatic carbocycles. The predicted molar refractivity (Wildman–Crippen MR) is 26.5 cm³/mol. The molecule has 72 valence electrons. The van der Waals surface area contributed by atoms with Gasteiger partial charge in [-0.3, -0.25) is 0 Å². The van der Waals surface area contributed by atoms with Gasteiger partial charge < -0.3 is 4.79 Å². The molecule has 1 nitrogen and oxygen atoms in total. The molecule has 2 atom stereocenters. The maximum atomic E-state index is 12.0.